The van der Waals surface area contributed by atoms with Gasteiger partial charge < -0.3 is 14.2 Å². The molecule has 0 bridgehead atoms. The average molecular weight is 245 g/mol. The zero-order chi connectivity index (χ0) is 13.2. The van der Waals surface area contributed by atoms with Crippen molar-refractivity contribution in [1.82, 2.24) is 0 Å². The van der Waals surface area contributed by atoms with Crippen LogP contribution in [-0.4, -0.2) is 19.8 Å². The zero-order valence-corrected chi connectivity index (χ0v) is 10.4. The van der Waals surface area contributed by atoms with Crippen molar-refractivity contribution in [3.63, 3.8) is 0 Å². The van der Waals surface area contributed by atoms with Crippen LogP contribution >= 0.6 is 0 Å². The fourth-order valence-corrected chi connectivity index (χ4v) is 1.19. The first kappa shape index (κ1) is 13.9. The second-order valence-corrected chi connectivity index (χ2v) is 3.31. The van der Waals surface area contributed by atoms with Gasteiger partial charge in [-0.25, -0.2) is 0 Å². The van der Waals surface area contributed by atoms with Crippen molar-refractivity contribution in [3.8, 4) is 17.2 Å². The quantitative estimate of drug-likeness (QED) is 0.625. The second kappa shape index (κ2) is 8.01. The molecule has 0 amide bonds. The van der Waals surface area contributed by atoms with Gasteiger partial charge in [0.05, 0.1) is 6.07 Å². The SMILES string of the molecule is C=CCOc1[c]c(OCC=C)c(OCC=C)cc1. The van der Waals surface area contributed by atoms with E-state index in [1.54, 1.807) is 30.4 Å². The van der Waals surface area contributed by atoms with Crippen LogP contribution in [0.2, 0.25) is 0 Å². The van der Waals surface area contributed by atoms with Crippen molar-refractivity contribution < 1.29 is 14.2 Å². The predicted octanol–water partition coefficient (Wildman–Crippen LogP) is 3.18. The van der Waals surface area contributed by atoms with E-state index in [0.29, 0.717) is 37.1 Å². The molecule has 0 saturated heterocycles. The highest BCUT2D eigenvalue weighted by Gasteiger charge is 2.07. The average Bonchev–Trinajstić information content (AvgIpc) is 2.41. The van der Waals surface area contributed by atoms with Crippen molar-refractivity contribution >= 4 is 0 Å². The Balaban J connectivity index is 2.83. The minimum absolute atomic E-state index is 0.381. The molecule has 0 aliphatic rings. The lowest BCUT2D eigenvalue weighted by Crippen LogP contribution is -2.01. The monoisotopic (exact) mass is 245 g/mol. The van der Waals surface area contributed by atoms with Gasteiger partial charge in [-0.15, -0.1) is 0 Å². The van der Waals surface area contributed by atoms with E-state index in [4.69, 9.17) is 14.2 Å². The molecule has 0 aliphatic carbocycles. The molecule has 1 aromatic rings. The van der Waals surface area contributed by atoms with Gasteiger partial charge in [-0.3, -0.25) is 0 Å². The predicted molar refractivity (Wildman–Crippen MR) is 72.4 cm³/mol. The molecule has 95 valence electrons. The fourth-order valence-electron chi connectivity index (χ4n) is 1.19. The highest BCUT2D eigenvalue weighted by Crippen LogP contribution is 2.31. The first-order valence-corrected chi connectivity index (χ1v) is 5.59. The van der Waals surface area contributed by atoms with E-state index in [9.17, 15) is 0 Å². The number of hydrogen-bond donors (Lipinski definition) is 0. The number of ether oxygens (including phenoxy) is 3. The summed E-state index contributed by atoms with van der Waals surface area (Å²) in [6.45, 7) is 12.0. The standard InChI is InChI=1S/C15H17O3/c1-4-9-16-13-7-8-14(17-10-5-2)15(12-13)18-11-6-3/h4-8H,1-3,9-11H2. The Kier molecular flexibility index (Phi) is 6.19. The second-order valence-electron chi connectivity index (χ2n) is 3.31. The topological polar surface area (TPSA) is 27.7 Å². The van der Waals surface area contributed by atoms with Gasteiger partial charge in [-0.1, -0.05) is 38.0 Å². The Bertz CT molecular complexity index is 410. The number of benzene rings is 1. The molecule has 1 rings (SSSR count). The summed E-state index contributed by atoms with van der Waals surface area (Å²) in [6, 6.07) is 6.53. The molecule has 0 fully saturated rings. The van der Waals surface area contributed by atoms with Crippen LogP contribution in [0.4, 0.5) is 0 Å². The summed E-state index contributed by atoms with van der Waals surface area (Å²) in [5.41, 5.74) is 0. The van der Waals surface area contributed by atoms with Gasteiger partial charge in [-0.05, 0) is 12.1 Å². The smallest absolute Gasteiger partial charge is 0.173 e. The summed E-state index contributed by atoms with van der Waals surface area (Å²) in [5, 5.41) is 0. The molecule has 0 aromatic heterocycles. The lowest BCUT2D eigenvalue weighted by atomic mass is 10.3. The Morgan fingerprint density at radius 2 is 1.50 bits per heavy atom. The Morgan fingerprint density at radius 3 is 2.17 bits per heavy atom. The molecule has 3 heteroatoms. The summed E-state index contributed by atoms with van der Waals surface area (Å²) < 4.78 is 16.3. The van der Waals surface area contributed by atoms with Crippen LogP contribution in [0.1, 0.15) is 0 Å². The van der Waals surface area contributed by atoms with Gasteiger partial charge in [0.1, 0.15) is 25.6 Å². The Morgan fingerprint density at radius 1 is 0.889 bits per heavy atom. The molecular formula is C15H17O3. The molecule has 0 saturated carbocycles. The highest BCUT2D eigenvalue weighted by molar-refractivity contribution is 5.44. The molecule has 0 spiro atoms. The maximum absolute atomic E-state index is 5.47. The van der Waals surface area contributed by atoms with Gasteiger partial charge in [0.15, 0.2) is 11.5 Å². The largest absolute Gasteiger partial charge is 0.489 e. The van der Waals surface area contributed by atoms with Crippen LogP contribution in [0.5, 0.6) is 17.2 Å². The first-order chi connectivity index (χ1) is 8.81. The van der Waals surface area contributed by atoms with E-state index in [2.05, 4.69) is 25.8 Å². The fraction of sp³-hybridized carbons (Fsp3) is 0.200. The van der Waals surface area contributed by atoms with Gasteiger partial charge in [0.25, 0.3) is 0 Å². The molecule has 0 unspecified atom stereocenters. The summed E-state index contributed by atoms with van der Waals surface area (Å²) in [4.78, 5) is 0. The first-order valence-electron chi connectivity index (χ1n) is 5.59. The lowest BCUT2D eigenvalue weighted by molar-refractivity contribution is 0.302. The van der Waals surface area contributed by atoms with Crippen LogP contribution in [0.3, 0.4) is 0 Å². The highest BCUT2D eigenvalue weighted by atomic mass is 16.5. The van der Waals surface area contributed by atoms with Crippen LogP contribution in [0.25, 0.3) is 0 Å². The lowest BCUT2D eigenvalue weighted by Gasteiger charge is -2.12. The molecule has 18 heavy (non-hydrogen) atoms. The van der Waals surface area contributed by atoms with Crippen LogP contribution in [0.15, 0.2) is 50.1 Å². The summed E-state index contributed by atoms with van der Waals surface area (Å²) in [6.07, 6.45) is 4.99. The summed E-state index contributed by atoms with van der Waals surface area (Å²) in [5.74, 6) is 1.68. The van der Waals surface area contributed by atoms with Crippen molar-refractivity contribution in [2.45, 2.75) is 0 Å². The molecule has 0 N–H and O–H groups in total. The normalized spacial score (nSPS) is 9.33. The molecular weight excluding hydrogens is 228 g/mol. The Labute approximate surface area is 108 Å². The van der Waals surface area contributed by atoms with Gasteiger partial charge in [0, 0.05) is 0 Å². The number of rotatable bonds is 9. The van der Waals surface area contributed by atoms with E-state index < -0.39 is 0 Å². The molecule has 0 atom stereocenters. The van der Waals surface area contributed by atoms with Crippen LogP contribution in [0, 0.1) is 6.07 Å². The minimum atomic E-state index is 0.381. The van der Waals surface area contributed by atoms with Crippen molar-refractivity contribution in [1.29, 1.82) is 0 Å². The maximum atomic E-state index is 5.47. The van der Waals surface area contributed by atoms with Gasteiger partial charge in [0.2, 0.25) is 0 Å². The molecule has 0 heterocycles. The van der Waals surface area contributed by atoms with Crippen molar-refractivity contribution in [3.05, 3.63) is 56.2 Å². The maximum Gasteiger partial charge on any atom is 0.173 e. The molecule has 1 radical (unpaired) electrons. The summed E-state index contributed by atoms with van der Waals surface area (Å²) in [7, 11) is 0. The zero-order valence-electron chi connectivity index (χ0n) is 10.4. The third-order valence-electron chi connectivity index (χ3n) is 1.91. The molecule has 0 aliphatic heterocycles. The van der Waals surface area contributed by atoms with Crippen molar-refractivity contribution in [2.75, 3.05) is 19.8 Å². The van der Waals surface area contributed by atoms with Gasteiger partial charge in [-0.2, -0.15) is 0 Å². The van der Waals surface area contributed by atoms with E-state index >= 15 is 0 Å². The third-order valence-corrected chi connectivity index (χ3v) is 1.91. The van der Waals surface area contributed by atoms with Gasteiger partial charge >= 0.3 is 0 Å². The van der Waals surface area contributed by atoms with E-state index in [1.807, 2.05) is 0 Å². The molecule has 3 nitrogen and oxygen atoms in total. The minimum Gasteiger partial charge on any atom is -0.489 e. The number of hydrogen-bond acceptors (Lipinski definition) is 3. The third kappa shape index (κ3) is 4.37. The molecule has 1 aromatic carbocycles. The van der Waals surface area contributed by atoms with Crippen LogP contribution in [-0.2, 0) is 0 Å². The van der Waals surface area contributed by atoms with Crippen LogP contribution < -0.4 is 14.2 Å². The Hall–Kier alpha value is -2.16. The van der Waals surface area contributed by atoms with E-state index in [-0.39, 0.29) is 0 Å². The van der Waals surface area contributed by atoms with E-state index in [0.717, 1.165) is 0 Å². The van der Waals surface area contributed by atoms with Crippen molar-refractivity contribution in [2.24, 2.45) is 0 Å². The van der Waals surface area contributed by atoms with E-state index in [1.165, 1.54) is 0 Å². The summed E-state index contributed by atoms with van der Waals surface area (Å²) >= 11 is 0.